The number of alkyl halides is 3. The van der Waals surface area contributed by atoms with Crippen LogP contribution in [0.4, 0.5) is 18.9 Å². The lowest BCUT2D eigenvalue weighted by Crippen LogP contribution is -2.10. The standard InChI is InChI=1S/C15H10F3N5/c16-15(17,18)13-7-11(2-1-10(13)8-19)21-9-12-3-5-20-14-4-6-22-23(12)14/h1-7,21H,9H2. The van der Waals surface area contributed by atoms with E-state index in [1.54, 1.807) is 35.1 Å². The van der Waals surface area contributed by atoms with Crippen LogP contribution < -0.4 is 5.32 Å². The van der Waals surface area contributed by atoms with Crippen LogP contribution >= 0.6 is 0 Å². The third-order valence-electron chi connectivity index (χ3n) is 3.29. The maximum absolute atomic E-state index is 12.9. The van der Waals surface area contributed by atoms with E-state index in [1.165, 1.54) is 6.07 Å². The minimum absolute atomic E-state index is 0.268. The maximum Gasteiger partial charge on any atom is 0.417 e. The second-order valence-corrected chi connectivity index (χ2v) is 4.76. The molecule has 1 aromatic carbocycles. The molecule has 0 unspecified atom stereocenters. The zero-order valence-corrected chi connectivity index (χ0v) is 11.7. The Labute approximate surface area is 129 Å². The number of halogens is 3. The summed E-state index contributed by atoms with van der Waals surface area (Å²) in [4.78, 5) is 4.11. The van der Waals surface area contributed by atoms with Crippen LogP contribution in [0.1, 0.15) is 16.8 Å². The van der Waals surface area contributed by atoms with Crippen molar-refractivity contribution in [1.82, 2.24) is 14.6 Å². The quantitative estimate of drug-likeness (QED) is 0.805. The first kappa shape index (κ1) is 14.8. The number of fused-ring (bicyclic) bond motifs is 1. The van der Waals surface area contributed by atoms with E-state index in [4.69, 9.17) is 5.26 Å². The Kier molecular flexibility index (Phi) is 3.62. The van der Waals surface area contributed by atoms with Gasteiger partial charge in [0.15, 0.2) is 5.65 Å². The van der Waals surface area contributed by atoms with Crippen LogP contribution in [-0.4, -0.2) is 14.6 Å². The number of hydrogen-bond donors (Lipinski definition) is 1. The summed E-state index contributed by atoms with van der Waals surface area (Å²) in [6, 6.07) is 8.53. The first-order chi connectivity index (χ1) is 11.0. The third-order valence-corrected chi connectivity index (χ3v) is 3.29. The van der Waals surface area contributed by atoms with Gasteiger partial charge in [-0.15, -0.1) is 0 Å². The van der Waals surface area contributed by atoms with Gasteiger partial charge in [-0.05, 0) is 24.3 Å². The van der Waals surface area contributed by atoms with Gasteiger partial charge in [-0.2, -0.15) is 23.5 Å². The highest BCUT2D eigenvalue weighted by Gasteiger charge is 2.33. The lowest BCUT2D eigenvalue weighted by Gasteiger charge is -2.12. The molecule has 0 radical (unpaired) electrons. The van der Waals surface area contributed by atoms with Gasteiger partial charge in [0.25, 0.3) is 0 Å². The number of nitriles is 1. The summed E-state index contributed by atoms with van der Waals surface area (Å²) in [5.74, 6) is 0. The molecule has 5 nitrogen and oxygen atoms in total. The summed E-state index contributed by atoms with van der Waals surface area (Å²) in [5, 5.41) is 15.8. The Morgan fingerprint density at radius 2 is 2.00 bits per heavy atom. The lowest BCUT2D eigenvalue weighted by atomic mass is 10.1. The highest BCUT2D eigenvalue weighted by atomic mass is 19.4. The van der Waals surface area contributed by atoms with E-state index < -0.39 is 17.3 Å². The predicted octanol–water partition coefficient (Wildman–Crippen LogP) is 3.23. The molecule has 0 spiro atoms. The minimum atomic E-state index is -4.57. The van der Waals surface area contributed by atoms with E-state index in [9.17, 15) is 13.2 Å². The molecule has 116 valence electrons. The average Bonchev–Trinajstić information content (AvgIpc) is 3.01. The summed E-state index contributed by atoms with van der Waals surface area (Å²) in [6.45, 7) is 0.268. The van der Waals surface area contributed by atoms with Crippen molar-refractivity contribution in [1.29, 1.82) is 5.26 Å². The molecule has 23 heavy (non-hydrogen) atoms. The number of rotatable bonds is 3. The number of aromatic nitrogens is 3. The van der Waals surface area contributed by atoms with E-state index in [0.717, 1.165) is 17.8 Å². The first-order valence-electron chi connectivity index (χ1n) is 6.62. The molecule has 0 aliphatic heterocycles. The molecule has 0 bridgehead atoms. The zero-order chi connectivity index (χ0) is 16.4. The van der Waals surface area contributed by atoms with E-state index in [0.29, 0.717) is 5.65 Å². The van der Waals surface area contributed by atoms with Crippen LogP contribution in [0, 0.1) is 11.3 Å². The van der Waals surface area contributed by atoms with Crippen LogP contribution in [0.2, 0.25) is 0 Å². The molecule has 1 N–H and O–H groups in total. The molecule has 0 aliphatic carbocycles. The third kappa shape index (κ3) is 2.94. The largest absolute Gasteiger partial charge is 0.417 e. The molecule has 0 fully saturated rings. The molecule has 0 saturated carbocycles. The van der Waals surface area contributed by atoms with Crippen LogP contribution in [0.5, 0.6) is 0 Å². The van der Waals surface area contributed by atoms with E-state index in [2.05, 4.69) is 15.4 Å². The Bertz CT molecular complexity index is 892. The summed E-state index contributed by atoms with van der Waals surface area (Å²) in [6.07, 6.45) is -1.38. The monoisotopic (exact) mass is 317 g/mol. The molecule has 8 heteroatoms. The molecule has 2 aromatic heterocycles. The van der Waals surface area contributed by atoms with Gasteiger partial charge in [-0.1, -0.05) is 0 Å². The average molecular weight is 317 g/mol. The summed E-state index contributed by atoms with van der Waals surface area (Å²) < 4.78 is 40.4. The molecule has 3 rings (SSSR count). The SMILES string of the molecule is N#Cc1ccc(NCc2ccnc3ccnn23)cc1C(F)(F)F. The van der Waals surface area contributed by atoms with Crippen molar-refractivity contribution in [2.24, 2.45) is 0 Å². The molecule has 0 saturated heterocycles. The van der Waals surface area contributed by atoms with Crippen LogP contribution in [0.15, 0.2) is 42.7 Å². The number of hydrogen-bond acceptors (Lipinski definition) is 4. The number of anilines is 1. The number of nitrogens with one attached hydrogen (secondary N) is 1. The minimum Gasteiger partial charge on any atom is -0.379 e. The first-order valence-corrected chi connectivity index (χ1v) is 6.62. The number of benzene rings is 1. The fourth-order valence-electron chi connectivity index (χ4n) is 2.20. The molecule has 0 atom stereocenters. The number of nitrogens with zero attached hydrogens (tertiary/aromatic N) is 4. The van der Waals surface area contributed by atoms with Crippen molar-refractivity contribution < 1.29 is 13.2 Å². The molecule has 0 amide bonds. The molecule has 3 aromatic rings. The Morgan fingerprint density at radius 3 is 2.74 bits per heavy atom. The normalized spacial score (nSPS) is 11.4. The van der Waals surface area contributed by atoms with Gasteiger partial charge in [0.05, 0.1) is 35.6 Å². The fraction of sp³-hybridized carbons (Fsp3) is 0.133. The fourth-order valence-corrected chi connectivity index (χ4v) is 2.20. The van der Waals surface area contributed by atoms with Crippen LogP contribution in [-0.2, 0) is 12.7 Å². The van der Waals surface area contributed by atoms with E-state index in [-0.39, 0.29) is 12.2 Å². The Hall–Kier alpha value is -3.08. The maximum atomic E-state index is 12.9. The molecule has 0 aliphatic rings. The highest BCUT2D eigenvalue weighted by Crippen LogP contribution is 2.33. The van der Waals surface area contributed by atoms with E-state index in [1.807, 2.05) is 0 Å². The van der Waals surface area contributed by atoms with Gasteiger partial charge >= 0.3 is 6.18 Å². The van der Waals surface area contributed by atoms with Gasteiger partial charge in [0, 0.05) is 18.0 Å². The highest BCUT2D eigenvalue weighted by molar-refractivity contribution is 5.53. The van der Waals surface area contributed by atoms with Crippen LogP contribution in [0.3, 0.4) is 0 Å². The van der Waals surface area contributed by atoms with Gasteiger partial charge < -0.3 is 5.32 Å². The summed E-state index contributed by atoms with van der Waals surface area (Å²) in [7, 11) is 0. The van der Waals surface area contributed by atoms with Crippen LogP contribution in [0.25, 0.3) is 5.65 Å². The van der Waals surface area contributed by atoms with Crippen molar-refractivity contribution >= 4 is 11.3 Å². The second-order valence-electron chi connectivity index (χ2n) is 4.76. The topological polar surface area (TPSA) is 66.0 Å². The molecule has 2 heterocycles. The van der Waals surface area contributed by atoms with Gasteiger partial charge in [-0.3, -0.25) is 0 Å². The summed E-state index contributed by atoms with van der Waals surface area (Å²) in [5.41, 5.74) is 0.317. The van der Waals surface area contributed by atoms with Crippen molar-refractivity contribution in [3.63, 3.8) is 0 Å². The Balaban J connectivity index is 1.87. The van der Waals surface area contributed by atoms with E-state index >= 15 is 0 Å². The van der Waals surface area contributed by atoms with Crippen molar-refractivity contribution in [3.8, 4) is 6.07 Å². The lowest BCUT2D eigenvalue weighted by molar-refractivity contribution is -0.137. The second kappa shape index (κ2) is 5.61. The smallest absolute Gasteiger partial charge is 0.379 e. The van der Waals surface area contributed by atoms with Gasteiger partial charge in [0.1, 0.15) is 0 Å². The zero-order valence-electron chi connectivity index (χ0n) is 11.7. The van der Waals surface area contributed by atoms with Crippen molar-refractivity contribution in [2.75, 3.05) is 5.32 Å². The Morgan fingerprint density at radius 1 is 1.17 bits per heavy atom. The predicted molar refractivity (Wildman–Crippen MR) is 76.5 cm³/mol. The van der Waals surface area contributed by atoms with Gasteiger partial charge in [0.2, 0.25) is 0 Å². The van der Waals surface area contributed by atoms with Crippen molar-refractivity contribution in [3.05, 3.63) is 59.5 Å². The van der Waals surface area contributed by atoms with Gasteiger partial charge in [-0.25, -0.2) is 9.50 Å². The molecular weight excluding hydrogens is 307 g/mol. The van der Waals surface area contributed by atoms with Crippen molar-refractivity contribution in [2.45, 2.75) is 12.7 Å². The summed E-state index contributed by atoms with van der Waals surface area (Å²) >= 11 is 0. The molecular formula is C15H10F3N5.